The smallest absolute Gasteiger partial charge is 0.326 e. The van der Waals surface area contributed by atoms with Crippen molar-refractivity contribution in [2.45, 2.75) is 84.0 Å². The van der Waals surface area contributed by atoms with Crippen LogP contribution < -0.4 is 33.2 Å². The molecule has 13 nitrogen and oxygen atoms in total. The molecule has 13 heteroatoms. The summed E-state index contributed by atoms with van der Waals surface area (Å²) in [7, 11) is 0. The number of benzene rings is 1. The molecule has 0 saturated carbocycles. The Morgan fingerprint density at radius 2 is 1.35 bits per heavy atom. The summed E-state index contributed by atoms with van der Waals surface area (Å²) in [6.07, 6.45) is 1.11. The first-order chi connectivity index (χ1) is 18.7. The molecule has 0 aliphatic heterocycles. The summed E-state index contributed by atoms with van der Waals surface area (Å²) >= 11 is 0. The van der Waals surface area contributed by atoms with Gasteiger partial charge in [0.2, 0.25) is 17.7 Å². The minimum absolute atomic E-state index is 0.0224. The third kappa shape index (κ3) is 13.3. The number of carbonyl (C=O) groups is 4. The number of phenolic OH excluding ortho intramolecular Hbond substituents is 1. The van der Waals surface area contributed by atoms with Crippen LogP contribution in [0.5, 0.6) is 5.75 Å². The monoisotopic (exact) mass is 563 g/mol. The number of nitrogens with zero attached hydrogens (tertiary/aromatic N) is 1. The topological polar surface area (TPSA) is 235 Å². The molecule has 0 aliphatic carbocycles. The molecule has 11 N–H and O–H groups in total. The number of nitrogens with two attached hydrogens (primary N) is 3. The number of hydrogen-bond donors (Lipinski definition) is 8. The number of aliphatic carboxylic acids is 1. The quantitative estimate of drug-likeness (QED) is 0.0719. The number of aliphatic imine (C=N–C) groups is 1. The number of aromatic hydroxyl groups is 1. The number of carboxylic acids is 1. The molecule has 0 heterocycles. The number of carbonyl (C=O) groups excluding carboxylic acids is 3. The third-order valence-electron chi connectivity index (χ3n) is 5.97. The van der Waals surface area contributed by atoms with Crippen molar-refractivity contribution >= 4 is 29.7 Å². The highest BCUT2D eigenvalue weighted by Gasteiger charge is 2.31. The average Bonchev–Trinajstić information content (AvgIpc) is 2.85. The summed E-state index contributed by atoms with van der Waals surface area (Å²) in [4.78, 5) is 55.0. The Morgan fingerprint density at radius 3 is 1.88 bits per heavy atom. The Hall–Kier alpha value is -3.87. The van der Waals surface area contributed by atoms with E-state index in [0.29, 0.717) is 18.4 Å². The van der Waals surface area contributed by atoms with Gasteiger partial charge in [0.05, 0.1) is 6.04 Å². The summed E-state index contributed by atoms with van der Waals surface area (Å²) in [6, 6.07) is 1.98. The molecule has 4 unspecified atom stereocenters. The predicted octanol–water partition coefficient (Wildman–Crippen LogP) is -0.0532. The summed E-state index contributed by atoms with van der Waals surface area (Å²) in [5, 5.41) is 27.1. The second-order valence-corrected chi connectivity index (χ2v) is 10.7. The molecule has 0 saturated heterocycles. The average molecular weight is 564 g/mol. The molecule has 0 fully saturated rings. The fourth-order valence-electron chi connectivity index (χ4n) is 3.98. The molecule has 224 valence electrons. The Balaban J connectivity index is 3.09. The van der Waals surface area contributed by atoms with Crippen molar-refractivity contribution in [3.05, 3.63) is 29.8 Å². The van der Waals surface area contributed by atoms with Crippen LogP contribution in [0.3, 0.4) is 0 Å². The van der Waals surface area contributed by atoms with Gasteiger partial charge in [0, 0.05) is 13.0 Å². The number of hydrogen-bond acceptors (Lipinski definition) is 7. The maximum Gasteiger partial charge on any atom is 0.326 e. The molecule has 3 amide bonds. The van der Waals surface area contributed by atoms with Crippen LogP contribution >= 0.6 is 0 Å². The molecule has 0 aliphatic rings. The van der Waals surface area contributed by atoms with Crippen LogP contribution in [-0.2, 0) is 25.6 Å². The Bertz CT molecular complexity index is 1010. The lowest BCUT2D eigenvalue weighted by Crippen LogP contribution is -2.58. The SMILES string of the molecule is CC(C)CC(N)C(=O)NC(Cc1ccc(O)cc1)C(=O)NC(CC(C)C)C(=O)NC(CCCN=C(N)N)C(=O)O. The van der Waals surface area contributed by atoms with Crippen LogP contribution in [0.4, 0.5) is 0 Å². The van der Waals surface area contributed by atoms with Crippen molar-refractivity contribution in [2.24, 2.45) is 34.0 Å². The van der Waals surface area contributed by atoms with E-state index in [1.165, 1.54) is 12.1 Å². The number of amides is 3. The van der Waals surface area contributed by atoms with Crippen molar-refractivity contribution in [1.29, 1.82) is 0 Å². The molecular weight excluding hydrogens is 518 g/mol. The van der Waals surface area contributed by atoms with Crippen molar-refractivity contribution in [3.8, 4) is 5.75 Å². The zero-order chi connectivity index (χ0) is 30.4. The van der Waals surface area contributed by atoms with Gasteiger partial charge < -0.3 is 43.4 Å². The summed E-state index contributed by atoms with van der Waals surface area (Å²) in [5.74, 6) is -2.96. The number of guanidine groups is 1. The van der Waals surface area contributed by atoms with E-state index in [1.807, 2.05) is 27.7 Å². The first kappa shape index (κ1) is 34.2. The lowest BCUT2D eigenvalue weighted by molar-refractivity contribution is -0.142. The number of rotatable bonds is 17. The van der Waals surface area contributed by atoms with Gasteiger partial charge in [0.25, 0.3) is 0 Å². The second kappa shape index (κ2) is 17.0. The van der Waals surface area contributed by atoms with Crippen LogP contribution in [0.1, 0.15) is 58.9 Å². The molecule has 1 aromatic rings. The maximum absolute atomic E-state index is 13.4. The first-order valence-electron chi connectivity index (χ1n) is 13.4. The van der Waals surface area contributed by atoms with Gasteiger partial charge in [0.1, 0.15) is 23.9 Å². The molecular formula is C27H45N7O6. The van der Waals surface area contributed by atoms with Gasteiger partial charge in [-0.25, -0.2) is 4.79 Å². The van der Waals surface area contributed by atoms with Gasteiger partial charge >= 0.3 is 5.97 Å². The zero-order valence-corrected chi connectivity index (χ0v) is 23.7. The predicted molar refractivity (Wildman–Crippen MR) is 152 cm³/mol. The number of nitrogens with one attached hydrogen (secondary N) is 3. The van der Waals surface area contributed by atoms with E-state index in [0.717, 1.165) is 0 Å². The summed E-state index contributed by atoms with van der Waals surface area (Å²) in [5.41, 5.74) is 17.3. The van der Waals surface area contributed by atoms with Crippen molar-refractivity contribution in [1.82, 2.24) is 16.0 Å². The van der Waals surface area contributed by atoms with Crippen LogP contribution in [-0.4, -0.2) is 70.6 Å². The zero-order valence-electron chi connectivity index (χ0n) is 23.7. The highest BCUT2D eigenvalue weighted by atomic mass is 16.4. The van der Waals surface area contributed by atoms with Crippen LogP contribution in [0.2, 0.25) is 0 Å². The highest BCUT2D eigenvalue weighted by molar-refractivity contribution is 5.94. The first-order valence-corrected chi connectivity index (χ1v) is 13.4. The lowest BCUT2D eigenvalue weighted by Gasteiger charge is -2.26. The highest BCUT2D eigenvalue weighted by Crippen LogP contribution is 2.13. The number of phenols is 1. The van der Waals surface area contributed by atoms with Gasteiger partial charge in [-0.3, -0.25) is 19.4 Å². The summed E-state index contributed by atoms with van der Waals surface area (Å²) < 4.78 is 0. The van der Waals surface area contributed by atoms with Crippen LogP contribution in [0.25, 0.3) is 0 Å². The minimum atomic E-state index is -1.23. The maximum atomic E-state index is 13.4. The van der Waals surface area contributed by atoms with Crippen molar-refractivity contribution in [2.75, 3.05) is 6.54 Å². The van der Waals surface area contributed by atoms with Gasteiger partial charge in [-0.2, -0.15) is 0 Å². The normalized spacial score (nSPS) is 14.1. The molecule has 4 atom stereocenters. The van der Waals surface area contributed by atoms with E-state index < -0.39 is 47.9 Å². The molecule has 0 radical (unpaired) electrons. The van der Waals surface area contributed by atoms with Crippen molar-refractivity contribution in [3.63, 3.8) is 0 Å². The fraction of sp³-hybridized carbons (Fsp3) is 0.593. The largest absolute Gasteiger partial charge is 0.508 e. The summed E-state index contributed by atoms with van der Waals surface area (Å²) in [6.45, 7) is 7.77. The number of carboxylic acid groups (broad SMARTS) is 1. The van der Waals surface area contributed by atoms with E-state index in [9.17, 15) is 29.4 Å². The Kier molecular flexibility index (Phi) is 14.5. The van der Waals surface area contributed by atoms with Crippen LogP contribution in [0, 0.1) is 11.8 Å². The minimum Gasteiger partial charge on any atom is -0.508 e. The molecule has 40 heavy (non-hydrogen) atoms. The fourth-order valence-corrected chi connectivity index (χ4v) is 3.98. The molecule has 1 aromatic carbocycles. The van der Waals surface area contributed by atoms with Crippen LogP contribution in [0.15, 0.2) is 29.3 Å². The van der Waals surface area contributed by atoms with Crippen molar-refractivity contribution < 1.29 is 29.4 Å². The third-order valence-corrected chi connectivity index (χ3v) is 5.97. The molecule has 1 rings (SSSR count). The molecule has 0 spiro atoms. The standard InChI is InChI=1S/C27H45N7O6/c1-15(2)12-19(28)23(36)33-22(14-17-7-9-18(35)10-8-17)25(38)34-21(13-16(3)4)24(37)32-20(26(39)40)6-5-11-31-27(29)30/h7-10,15-16,19-22,35H,5-6,11-14,28H2,1-4H3,(H,32,37)(H,33,36)(H,34,38)(H,39,40)(H4,29,30,31). The van der Waals surface area contributed by atoms with E-state index >= 15 is 0 Å². The van der Waals surface area contributed by atoms with Gasteiger partial charge in [-0.1, -0.05) is 39.8 Å². The van der Waals surface area contributed by atoms with Gasteiger partial charge in [0.15, 0.2) is 5.96 Å². The van der Waals surface area contributed by atoms with E-state index in [1.54, 1.807) is 12.1 Å². The molecule has 0 bridgehead atoms. The second-order valence-electron chi connectivity index (χ2n) is 10.7. The van der Waals surface area contributed by atoms with Gasteiger partial charge in [-0.05, 0) is 55.2 Å². The van der Waals surface area contributed by atoms with E-state index in [-0.39, 0.29) is 49.4 Å². The van der Waals surface area contributed by atoms with Gasteiger partial charge in [-0.15, -0.1) is 0 Å². The Labute approximate surface area is 235 Å². The van der Waals surface area contributed by atoms with E-state index in [2.05, 4.69) is 20.9 Å². The Morgan fingerprint density at radius 1 is 0.825 bits per heavy atom. The lowest BCUT2D eigenvalue weighted by atomic mass is 9.99. The van der Waals surface area contributed by atoms with E-state index in [4.69, 9.17) is 17.2 Å². The molecule has 0 aromatic heterocycles.